The van der Waals surface area contributed by atoms with Gasteiger partial charge in [0, 0.05) is 6.54 Å². The molecule has 5 nitrogen and oxygen atoms in total. The fraction of sp³-hybridized carbons (Fsp3) is 0.643. The number of anilines is 1. The van der Waals surface area contributed by atoms with Crippen molar-refractivity contribution in [2.24, 2.45) is 11.8 Å². The number of carbonyl (C=O) groups is 1. The second-order valence-corrected chi connectivity index (χ2v) is 5.74. The predicted octanol–water partition coefficient (Wildman–Crippen LogP) is 2.27. The second kappa shape index (κ2) is 5.40. The summed E-state index contributed by atoms with van der Waals surface area (Å²) in [6, 6.07) is -0.574. The highest BCUT2D eigenvalue weighted by Crippen LogP contribution is 2.44. The molecule has 0 amide bonds. The molecule has 0 radical (unpaired) electrons. The number of esters is 1. The van der Waals surface area contributed by atoms with Gasteiger partial charge in [0.05, 0.1) is 19.5 Å². The molecule has 1 aromatic heterocycles. The Bertz CT molecular complexity index is 579. The number of hydrogen-bond donors (Lipinski definition) is 0. The first-order valence-electron chi connectivity index (χ1n) is 7.15. The van der Waals surface area contributed by atoms with Crippen molar-refractivity contribution in [3.8, 4) is 0 Å². The summed E-state index contributed by atoms with van der Waals surface area (Å²) in [5, 5.41) is 0. The van der Waals surface area contributed by atoms with E-state index in [1.165, 1.54) is 13.3 Å². The minimum atomic E-state index is -4.56. The topological polar surface area (TPSA) is 55.3 Å². The van der Waals surface area contributed by atoms with Crippen LogP contribution in [0.25, 0.3) is 0 Å². The first-order chi connectivity index (χ1) is 10.4. The molecule has 2 aliphatic rings. The van der Waals surface area contributed by atoms with Crippen molar-refractivity contribution in [2.45, 2.75) is 31.5 Å². The van der Waals surface area contributed by atoms with Crippen LogP contribution in [-0.4, -0.2) is 35.6 Å². The Balaban J connectivity index is 1.94. The van der Waals surface area contributed by atoms with E-state index in [1.54, 1.807) is 4.90 Å². The fourth-order valence-electron chi connectivity index (χ4n) is 3.59. The Morgan fingerprint density at radius 2 is 2.14 bits per heavy atom. The van der Waals surface area contributed by atoms with Crippen molar-refractivity contribution in [1.82, 2.24) is 9.97 Å². The average Bonchev–Trinajstić information content (AvgIpc) is 3.06. The van der Waals surface area contributed by atoms with Crippen LogP contribution in [0.5, 0.6) is 0 Å². The lowest BCUT2D eigenvalue weighted by Gasteiger charge is -2.26. The highest BCUT2D eigenvalue weighted by Gasteiger charge is 2.49. The third-order valence-electron chi connectivity index (χ3n) is 4.54. The number of ether oxygens (including phenoxy) is 1. The van der Waals surface area contributed by atoms with Gasteiger partial charge in [-0.15, -0.1) is 0 Å². The van der Waals surface area contributed by atoms with Crippen molar-refractivity contribution in [2.75, 3.05) is 18.6 Å². The summed E-state index contributed by atoms with van der Waals surface area (Å²) >= 11 is 0. The molecule has 3 atom stereocenters. The lowest BCUT2D eigenvalue weighted by atomic mass is 9.94. The van der Waals surface area contributed by atoms with E-state index in [9.17, 15) is 18.0 Å². The van der Waals surface area contributed by atoms with Gasteiger partial charge in [-0.1, -0.05) is 6.42 Å². The second-order valence-electron chi connectivity index (χ2n) is 5.74. The summed E-state index contributed by atoms with van der Waals surface area (Å²) in [7, 11) is 1.29. The number of aromatic nitrogens is 2. The number of nitrogens with zero attached hydrogens (tertiary/aromatic N) is 3. The molecule has 3 rings (SSSR count). The molecule has 0 bridgehead atoms. The van der Waals surface area contributed by atoms with Gasteiger partial charge in [-0.3, -0.25) is 4.98 Å². The Labute approximate surface area is 125 Å². The maximum absolute atomic E-state index is 12.8. The van der Waals surface area contributed by atoms with E-state index in [2.05, 4.69) is 9.97 Å². The van der Waals surface area contributed by atoms with Crippen LogP contribution >= 0.6 is 0 Å². The molecule has 1 aliphatic heterocycles. The van der Waals surface area contributed by atoms with Gasteiger partial charge in [-0.2, -0.15) is 13.2 Å². The minimum Gasteiger partial charge on any atom is -0.467 e. The molecular weight excluding hydrogens is 299 g/mol. The molecule has 0 unspecified atom stereocenters. The van der Waals surface area contributed by atoms with E-state index >= 15 is 0 Å². The lowest BCUT2D eigenvalue weighted by molar-refractivity contribution is -0.143. The van der Waals surface area contributed by atoms with Crippen LogP contribution in [0.3, 0.4) is 0 Å². The Morgan fingerprint density at radius 3 is 2.82 bits per heavy atom. The standard InChI is InChI=1S/C14H16F3N3O2/c1-22-13(21)12-9-4-2-3-8(9)7-20(12)11-6-18-5-10(19-11)14(15,16)17/h5-6,8-9,12H,2-4,7H2,1H3/t8-,9-,12+/m1/s1. The van der Waals surface area contributed by atoms with Gasteiger partial charge in [-0.25, -0.2) is 9.78 Å². The maximum Gasteiger partial charge on any atom is 0.434 e. The Hall–Kier alpha value is -1.86. The van der Waals surface area contributed by atoms with Gasteiger partial charge < -0.3 is 9.64 Å². The number of fused-ring (bicyclic) bond motifs is 1. The quantitative estimate of drug-likeness (QED) is 0.784. The molecule has 8 heteroatoms. The minimum absolute atomic E-state index is 0.0830. The number of hydrogen-bond acceptors (Lipinski definition) is 5. The Morgan fingerprint density at radius 1 is 1.36 bits per heavy atom. The van der Waals surface area contributed by atoms with Crippen molar-refractivity contribution in [1.29, 1.82) is 0 Å². The van der Waals surface area contributed by atoms with Gasteiger partial charge in [0.1, 0.15) is 11.9 Å². The summed E-state index contributed by atoms with van der Waals surface area (Å²) in [5.74, 6) is 0.0671. The van der Waals surface area contributed by atoms with Gasteiger partial charge in [0.25, 0.3) is 0 Å². The first-order valence-corrected chi connectivity index (χ1v) is 7.15. The summed E-state index contributed by atoms with van der Waals surface area (Å²) in [6.45, 7) is 0.514. The number of methoxy groups -OCH3 is 1. The van der Waals surface area contributed by atoms with E-state index in [0.29, 0.717) is 18.7 Å². The molecule has 22 heavy (non-hydrogen) atoms. The molecular formula is C14H16F3N3O2. The van der Waals surface area contributed by atoms with Crippen LogP contribution in [0.1, 0.15) is 25.0 Å². The number of alkyl halides is 3. The SMILES string of the molecule is COC(=O)[C@@H]1[C@@H]2CCC[C@@H]2CN1c1cncc(C(F)(F)F)n1. The highest BCUT2D eigenvalue weighted by atomic mass is 19.4. The molecule has 2 fully saturated rings. The van der Waals surface area contributed by atoms with Gasteiger partial charge in [-0.05, 0) is 24.7 Å². The average molecular weight is 315 g/mol. The lowest BCUT2D eigenvalue weighted by Crippen LogP contribution is -2.41. The highest BCUT2D eigenvalue weighted by molar-refractivity contribution is 5.81. The van der Waals surface area contributed by atoms with Crippen molar-refractivity contribution in [3.63, 3.8) is 0 Å². The molecule has 0 spiro atoms. The summed E-state index contributed by atoms with van der Waals surface area (Å²) < 4.78 is 43.2. The van der Waals surface area contributed by atoms with E-state index in [4.69, 9.17) is 4.74 Å². The maximum atomic E-state index is 12.8. The molecule has 0 aromatic carbocycles. The van der Waals surface area contributed by atoms with E-state index in [-0.39, 0.29) is 11.7 Å². The molecule has 120 valence electrons. The number of rotatable bonds is 2. The van der Waals surface area contributed by atoms with Crippen LogP contribution in [0.15, 0.2) is 12.4 Å². The normalized spacial score (nSPS) is 27.8. The van der Waals surface area contributed by atoms with Crippen molar-refractivity contribution in [3.05, 3.63) is 18.1 Å². The number of carbonyl (C=O) groups excluding carboxylic acids is 1. The van der Waals surface area contributed by atoms with E-state index < -0.39 is 23.9 Å². The summed E-state index contributed by atoms with van der Waals surface area (Å²) in [4.78, 5) is 21.0. The van der Waals surface area contributed by atoms with Crippen LogP contribution in [-0.2, 0) is 15.7 Å². The smallest absolute Gasteiger partial charge is 0.434 e. The zero-order chi connectivity index (χ0) is 15.9. The molecule has 0 N–H and O–H groups in total. The van der Waals surface area contributed by atoms with Crippen LogP contribution in [0.2, 0.25) is 0 Å². The Kier molecular flexibility index (Phi) is 3.70. The zero-order valence-corrected chi connectivity index (χ0v) is 12.0. The molecule has 1 aliphatic carbocycles. The molecule has 2 heterocycles. The van der Waals surface area contributed by atoms with Crippen LogP contribution < -0.4 is 4.90 Å². The van der Waals surface area contributed by atoms with E-state index in [1.807, 2.05) is 0 Å². The molecule has 1 aromatic rings. The monoisotopic (exact) mass is 315 g/mol. The van der Waals surface area contributed by atoms with Gasteiger partial charge in [0.15, 0.2) is 5.69 Å². The first kappa shape index (κ1) is 15.1. The van der Waals surface area contributed by atoms with Crippen LogP contribution in [0.4, 0.5) is 19.0 Å². The third kappa shape index (κ3) is 2.50. The van der Waals surface area contributed by atoms with Crippen molar-refractivity contribution < 1.29 is 22.7 Å². The molecule has 1 saturated heterocycles. The zero-order valence-electron chi connectivity index (χ0n) is 12.0. The predicted molar refractivity (Wildman–Crippen MR) is 71.0 cm³/mol. The third-order valence-corrected chi connectivity index (χ3v) is 4.54. The summed E-state index contributed by atoms with van der Waals surface area (Å²) in [5.41, 5.74) is -1.05. The van der Waals surface area contributed by atoms with E-state index in [0.717, 1.165) is 19.3 Å². The van der Waals surface area contributed by atoms with Crippen LogP contribution in [0, 0.1) is 11.8 Å². The van der Waals surface area contributed by atoms with Gasteiger partial charge >= 0.3 is 12.1 Å². The number of halogens is 3. The van der Waals surface area contributed by atoms with Crippen molar-refractivity contribution >= 4 is 11.8 Å². The largest absolute Gasteiger partial charge is 0.467 e. The van der Waals surface area contributed by atoms with Gasteiger partial charge in [0.2, 0.25) is 0 Å². The summed E-state index contributed by atoms with van der Waals surface area (Å²) in [6.07, 6.45) is 0.290. The fourth-order valence-corrected chi connectivity index (χ4v) is 3.59. The molecule has 1 saturated carbocycles.